The summed E-state index contributed by atoms with van der Waals surface area (Å²) in [5, 5.41) is 15.8. The number of rotatable bonds is 6. The van der Waals surface area contributed by atoms with Crippen LogP contribution in [0.3, 0.4) is 0 Å². The Kier molecular flexibility index (Phi) is 4.94. The lowest BCUT2D eigenvalue weighted by Gasteiger charge is -2.28. The molecule has 4 nitrogen and oxygen atoms in total. The summed E-state index contributed by atoms with van der Waals surface area (Å²) in [7, 11) is 0. The minimum atomic E-state index is -0.498. The van der Waals surface area contributed by atoms with Crippen LogP contribution < -0.4 is 4.74 Å². The van der Waals surface area contributed by atoms with Crippen molar-refractivity contribution in [3.8, 4) is 16.9 Å². The molecule has 1 N–H and O–H groups in total. The standard InChI is InChI=1S/C22H21NO3S2/c24-17(10-23-7-5-21-16(9-23)6-8-27-21)11-26-18-3-1-15(2-4-18)20-14-28-22-13-25-12-19(20)22/h1-4,6,8,12-14,17,24H,5,7,9-11H2/t17-/m1/s1. The van der Waals surface area contributed by atoms with Crippen LogP contribution in [0.1, 0.15) is 10.4 Å². The fourth-order valence-electron chi connectivity index (χ4n) is 3.72. The quantitative estimate of drug-likeness (QED) is 0.484. The zero-order chi connectivity index (χ0) is 18.9. The van der Waals surface area contributed by atoms with E-state index < -0.39 is 6.10 Å². The molecule has 0 amide bonds. The molecule has 0 unspecified atom stereocenters. The zero-order valence-electron chi connectivity index (χ0n) is 15.3. The predicted octanol–water partition coefficient (Wildman–Crippen LogP) is 5.02. The first-order valence-electron chi connectivity index (χ1n) is 9.38. The fraction of sp³-hybridized carbons (Fsp3) is 0.273. The van der Waals surface area contributed by atoms with E-state index >= 15 is 0 Å². The molecule has 1 aliphatic heterocycles. The van der Waals surface area contributed by atoms with Crippen molar-refractivity contribution >= 4 is 32.8 Å². The van der Waals surface area contributed by atoms with Crippen molar-refractivity contribution in [2.75, 3.05) is 19.7 Å². The Morgan fingerprint density at radius 1 is 1.14 bits per heavy atom. The van der Waals surface area contributed by atoms with Gasteiger partial charge in [-0.1, -0.05) is 12.1 Å². The average Bonchev–Trinajstić information content (AvgIpc) is 3.43. The molecule has 0 spiro atoms. The highest BCUT2D eigenvalue weighted by atomic mass is 32.1. The zero-order valence-corrected chi connectivity index (χ0v) is 17.0. The average molecular weight is 412 g/mol. The number of β-amino-alcohol motifs (C(OH)–C–C–N with tert-alkyl or cyclic N) is 1. The Hall–Kier alpha value is -2.12. The number of hydrogen-bond donors (Lipinski definition) is 1. The number of aliphatic hydroxyl groups is 1. The molecule has 1 aliphatic rings. The molecule has 0 saturated heterocycles. The van der Waals surface area contributed by atoms with E-state index in [2.05, 4.69) is 33.9 Å². The van der Waals surface area contributed by atoms with Crippen LogP contribution in [-0.4, -0.2) is 35.8 Å². The summed E-state index contributed by atoms with van der Waals surface area (Å²) >= 11 is 3.52. The van der Waals surface area contributed by atoms with Crippen LogP contribution in [0, 0.1) is 0 Å². The van der Waals surface area contributed by atoms with Crippen molar-refractivity contribution in [2.45, 2.75) is 19.1 Å². The van der Waals surface area contributed by atoms with Gasteiger partial charge in [-0.2, -0.15) is 0 Å². The molecule has 0 saturated carbocycles. The van der Waals surface area contributed by atoms with Gasteiger partial charge < -0.3 is 14.3 Å². The summed E-state index contributed by atoms with van der Waals surface area (Å²) in [4.78, 5) is 3.79. The largest absolute Gasteiger partial charge is 0.491 e. The lowest BCUT2D eigenvalue weighted by atomic mass is 10.1. The third-order valence-corrected chi connectivity index (χ3v) is 7.13. The molecular weight excluding hydrogens is 390 g/mol. The van der Waals surface area contributed by atoms with Crippen LogP contribution in [0.15, 0.2) is 58.0 Å². The summed E-state index contributed by atoms with van der Waals surface area (Å²) in [6.07, 6.45) is 4.15. The van der Waals surface area contributed by atoms with E-state index in [1.807, 2.05) is 23.5 Å². The maximum Gasteiger partial charge on any atom is 0.119 e. The number of fused-ring (bicyclic) bond motifs is 2. The van der Waals surface area contributed by atoms with Gasteiger partial charge in [-0.25, -0.2) is 0 Å². The highest BCUT2D eigenvalue weighted by molar-refractivity contribution is 7.17. The number of aliphatic hydroxyl groups excluding tert-OH is 1. The Morgan fingerprint density at radius 3 is 2.93 bits per heavy atom. The Labute approximate surface area is 171 Å². The SMILES string of the molecule is O[C@@H](COc1ccc(-c2csc3cocc23)cc1)CN1CCc2sccc2C1. The third kappa shape index (κ3) is 3.61. The van der Waals surface area contributed by atoms with Crippen LogP contribution in [0.25, 0.3) is 21.2 Å². The fourth-order valence-corrected chi connectivity index (χ4v) is 5.51. The molecule has 6 heteroatoms. The van der Waals surface area contributed by atoms with Crippen LogP contribution in [0.2, 0.25) is 0 Å². The second-order valence-electron chi connectivity index (χ2n) is 7.14. The predicted molar refractivity (Wildman–Crippen MR) is 114 cm³/mol. The van der Waals surface area contributed by atoms with Crippen LogP contribution in [-0.2, 0) is 13.0 Å². The van der Waals surface area contributed by atoms with Gasteiger partial charge in [0.25, 0.3) is 0 Å². The molecule has 0 aliphatic carbocycles. The molecule has 4 heterocycles. The number of ether oxygens (including phenoxy) is 1. The van der Waals surface area contributed by atoms with Gasteiger partial charge in [-0.15, -0.1) is 22.7 Å². The number of nitrogens with zero attached hydrogens (tertiary/aromatic N) is 1. The minimum Gasteiger partial charge on any atom is -0.491 e. The monoisotopic (exact) mass is 411 g/mol. The first-order chi connectivity index (χ1) is 13.8. The van der Waals surface area contributed by atoms with Gasteiger partial charge >= 0.3 is 0 Å². The molecule has 5 rings (SSSR count). The summed E-state index contributed by atoms with van der Waals surface area (Å²) < 4.78 is 12.3. The summed E-state index contributed by atoms with van der Waals surface area (Å²) in [5.74, 6) is 0.778. The maximum absolute atomic E-state index is 10.4. The molecule has 3 aromatic heterocycles. The molecule has 144 valence electrons. The van der Waals surface area contributed by atoms with Crippen molar-refractivity contribution < 1.29 is 14.3 Å². The Morgan fingerprint density at radius 2 is 2.04 bits per heavy atom. The van der Waals surface area contributed by atoms with Crippen molar-refractivity contribution in [3.63, 3.8) is 0 Å². The van der Waals surface area contributed by atoms with E-state index in [9.17, 15) is 5.11 Å². The summed E-state index contributed by atoms with van der Waals surface area (Å²) in [6, 6.07) is 10.2. The molecule has 0 radical (unpaired) electrons. The molecule has 28 heavy (non-hydrogen) atoms. The first-order valence-corrected chi connectivity index (χ1v) is 11.1. The Bertz CT molecular complexity index is 1060. The lowest BCUT2D eigenvalue weighted by molar-refractivity contribution is 0.0640. The second-order valence-corrected chi connectivity index (χ2v) is 9.05. The normalized spacial score (nSPS) is 15.6. The van der Waals surface area contributed by atoms with Crippen molar-refractivity contribution in [1.29, 1.82) is 0 Å². The topological polar surface area (TPSA) is 45.8 Å². The van der Waals surface area contributed by atoms with E-state index in [0.717, 1.165) is 40.9 Å². The molecule has 1 atom stereocenters. The van der Waals surface area contributed by atoms with Crippen molar-refractivity contribution in [2.24, 2.45) is 0 Å². The Balaban J connectivity index is 1.16. The van der Waals surface area contributed by atoms with Crippen LogP contribution in [0.4, 0.5) is 0 Å². The van der Waals surface area contributed by atoms with Gasteiger partial charge in [-0.05, 0) is 41.1 Å². The van der Waals surface area contributed by atoms with Crippen molar-refractivity contribution in [1.82, 2.24) is 4.90 Å². The van der Waals surface area contributed by atoms with Gasteiger partial charge in [0.2, 0.25) is 0 Å². The smallest absolute Gasteiger partial charge is 0.119 e. The molecule has 0 fully saturated rings. The number of thiophene rings is 2. The van der Waals surface area contributed by atoms with Gasteiger partial charge in [-0.3, -0.25) is 4.90 Å². The lowest BCUT2D eigenvalue weighted by Crippen LogP contribution is -2.38. The first kappa shape index (κ1) is 17.9. The minimum absolute atomic E-state index is 0.302. The van der Waals surface area contributed by atoms with Crippen LogP contribution >= 0.6 is 22.7 Å². The molecule has 0 bridgehead atoms. The van der Waals surface area contributed by atoms with Gasteiger partial charge in [0, 0.05) is 40.8 Å². The second kappa shape index (κ2) is 7.72. The number of furan rings is 1. The molecular formula is C22H21NO3S2. The van der Waals surface area contributed by atoms with Gasteiger partial charge in [0.05, 0.1) is 11.0 Å². The molecule has 1 aromatic carbocycles. The summed E-state index contributed by atoms with van der Waals surface area (Å²) in [6.45, 7) is 2.87. The maximum atomic E-state index is 10.4. The van der Waals surface area contributed by atoms with E-state index in [1.54, 1.807) is 23.9 Å². The van der Waals surface area contributed by atoms with Crippen molar-refractivity contribution in [3.05, 3.63) is 64.1 Å². The van der Waals surface area contributed by atoms with E-state index in [1.165, 1.54) is 16.0 Å². The van der Waals surface area contributed by atoms with E-state index in [4.69, 9.17) is 9.15 Å². The highest BCUT2D eigenvalue weighted by Gasteiger charge is 2.19. The molecule has 4 aromatic rings. The van der Waals surface area contributed by atoms with Gasteiger partial charge in [0.1, 0.15) is 24.7 Å². The van der Waals surface area contributed by atoms with Gasteiger partial charge in [0.15, 0.2) is 0 Å². The third-order valence-electron chi connectivity index (χ3n) is 5.18. The number of benzene rings is 1. The van der Waals surface area contributed by atoms with Crippen LogP contribution in [0.5, 0.6) is 5.75 Å². The number of hydrogen-bond acceptors (Lipinski definition) is 6. The highest BCUT2D eigenvalue weighted by Crippen LogP contribution is 2.35. The summed E-state index contributed by atoms with van der Waals surface area (Å²) in [5.41, 5.74) is 3.72. The van der Waals surface area contributed by atoms with E-state index in [0.29, 0.717) is 13.2 Å². The van der Waals surface area contributed by atoms with E-state index in [-0.39, 0.29) is 0 Å².